The number of para-hydroxylation sites is 1. The lowest BCUT2D eigenvalue weighted by molar-refractivity contribution is -0.385. The zero-order valence-electron chi connectivity index (χ0n) is 13.0. The first-order valence-corrected chi connectivity index (χ1v) is 10.6. The molecule has 26 heavy (non-hydrogen) atoms. The quantitative estimate of drug-likeness (QED) is 0.337. The highest BCUT2D eigenvalue weighted by molar-refractivity contribution is 9.10. The zero-order chi connectivity index (χ0) is 19.5. The Hall–Kier alpha value is -1.32. The van der Waals surface area contributed by atoms with E-state index in [9.17, 15) is 23.5 Å². The predicted molar refractivity (Wildman–Crippen MR) is 98.2 cm³/mol. The molecule has 0 bridgehead atoms. The number of rotatable bonds is 7. The molecule has 0 spiro atoms. The van der Waals surface area contributed by atoms with Gasteiger partial charge in [0.05, 0.1) is 4.92 Å². The van der Waals surface area contributed by atoms with E-state index in [1.807, 2.05) is 0 Å². The molecule has 0 unspecified atom stereocenters. The summed E-state index contributed by atoms with van der Waals surface area (Å²) in [6.07, 6.45) is 0. The van der Waals surface area contributed by atoms with Crippen LogP contribution in [0, 0.1) is 10.1 Å². The number of hydrogen-bond donors (Lipinski definition) is 2. The third-order valence-electron chi connectivity index (χ3n) is 3.44. The summed E-state index contributed by atoms with van der Waals surface area (Å²) in [6.45, 7) is 0. The van der Waals surface area contributed by atoms with Crippen LogP contribution in [0.5, 0.6) is 0 Å². The smallest absolute Gasteiger partial charge is 0.320 e. The molecule has 0 aromatic heterocycles. The average Bonchev–Trinajstić information content (AvgIpc) is 2.54. The van der Waals surface area contributed by atoms with Gasteiger partial charge >= 0.3 is 13.3 Å². The van der Waals surface area contributed by atoms with E-state index in [2.05, 4.69) is 15.9 Å². The molecule has 0 saturated carbocycles. The van der Waals surface area contributed by atoms with Crippen LogP contribution >= 0.6 is 35.3 Å². The van der Waals surface area contributed by atoms with Gasteiger partial charge in [0.15, 0.2) is 0 Å². The Morgan fingerprint density at radius 3 is 2.42 bits per heavy atom. The molecular formula is C15H13BrF2NO5PS. The van der Waals surface area contributed by atoms with E-state index >= 15 is 0 Å². The van der Waals surface area contributed by atoms with Gasteiger partial charge in [0.25, 0.3) is 5.69 Å². The van der Waals surface area contributed by atoms with Crippen molar-refractivity contribution in [3.8, 4) is 0 Å². The molecule has 0 saturated heterocycles. The summed E-state index contributed by atoms with van der Waals surface area (Å²) in [7, 11) is -5.64. The molecule has 0 heterocycles. The van der Waals surface area contributed by atoms with Gasteiger partial charge in [0.1, 0.15) is 0 Å². The number of benzene rings is 2. The molecule has 0 fully saturated rings. The molecule has 2 aromatic rings. The topological polar surface area (TPSA) is 101 Å². The van der Waals surface area contributed by atoms with Gasteiger partial charge in [-0.05, 0) is 11.6 Å². The van der Waals surface area contributed by atoms with Crippen LogP contribution in [0.15, 0.2) is 46.9 Å². The Bertz CT molecular complexity index is 877. The van der Waals surface area contributed by atoms with Crippen molar-refractivity contribution in [2.45, 2.75) is 17.2 Å². The summed E-state index contributed by atoms with van der Waals surface area (Å²) < 4.78 is 38.4. The Morgan fingerprint density at radius 2 is 1.85 bits per heavy atom. The second-order valence-corrected chi connectivity index (χ2v) is 8.77. The van der Waals surface area contributed by atoms with Crippen molar-refractivity contribution in [3.05, 3.63) is 73.7 Å². The molecule has 0 amide bonds. The fourth-order valence-corrected chi connectivity index (χ4v) is 4.46. The molecule has 2 rings (SSSR count). The van der Waals surface area contributed by atoms with E-state index < -0.39 is 23.7 Å². The van der Waals surface area contributed by atoms with Crippen LogP contribution < -0.4 is 0 Å². The SMILES string of the molecule is O=[N+]([O-])c1ccccc1CSCc1ccc(C(F)(F)P(=O)(O)O)c(Br)c1. The van der Waals surface area contributed by atoms with Crippen molar-refractivity contribution in [2.75, 3.05) is 0 Å². The predicted octanol–water partition coefficient (Wildman–Crippen LogP) is 5.02. The lowest BCUT2D eigenvalue weighted by Gasteiger charge is -2.19. The van der Waals surface area contributed by atoms with Gasteiger partial charge in [-0.25, -0.2) is 0 Å². The van der Waals surface area contributed by atoms with Gasteiger partial charge in [-0.3, -0.25) is 14.7 Å². The van der Waals surface area contributed by atoms with Gasteiger partial charge in [-0.1, -0.05) is 46.3 Å². The molecule has 2 N–H and O–H groups in total. The first-order chi connectivity index (χ1) is 12.0. The summed E-state index contributed by atoms with van der Waals surface area (Å²) in [4.78, 5) is 28.1. The number of nitro groups is 1. The van der Waals surface area contributed by atoms with Crippen LogP contribution in [-0.2, 0) is 21.7 Å². The molecule has 11 heteroatoms. The monoisotopic (exact) mass is 467 g/mol. The lowest BCUT2D eigenvalue weighted by atomic mass is 10.1. The number of halogens is 3. The summed E-state index contributed by atoms with van der Waals surface area (Å²) in [5.74, 6) is 0.738. The van der Waals surface area contributed by atoms with Gasteiger partial charge in [0.2, 0.25) is 0 Å². The number of hydrogen-bond acceptors (Lipinski definition) is 4. The molecule has 2 aromatic carbocycles. The summed E-state index contributed by atoms with van der Waals surface area (Å²) >= 11 is 4.27. The average molecular weight is 468 g/mol. The van der Waals surface area contributed by atoms with Crippen molar-refractivity contribution in [1.29, 1.82) is 0 Å². The third kappa shape index (κ3) is 4.69. The van der Waals surface area contributed by atoms with Crippen molar-refractivity contribution in [3.63, 3.8) is 0 Å². The van der Waals surface area contributed by atoms with Crippen molar-refractivity contribution in [2.24, 2.45) is 0 Å². The summed E-state index contributed by atoms with van der Waals surface area (Å²) in [6, 6.07) is 9.98. The van der Waals surface area contributed by atoms with E-state index in [1.165, 1.54) is 30.0 Å². The van der Waals surface area contributed by atoms with E-state index in [4.69, 9.17) is 9.79 Å². The van der Waals surface area contributed by atoms with Crippen LogP contribution in [0.4, 0.5) is 14.5 Å². The number of alkyl halides is 2. The van der Waals surface area contributed by atoms with Crippen LogP contribution in [0.1, 0.15) is 16.7 Å². The van der Waals surface area contributed by atoms with Crippen LogP contribution in [0.25, 0.3) is 0 Å². The molecular weight excluding hydrogens is 455 g/mol. The van der Waals surface area contributed by atoms with Gasteiger partial charge < -0.3 is 9.79 Å². The van der Waals surface area contributed by atoms with E-state index in [1.54, 1.807) is 18.2 Å². The molecule has 0 atom stereocenters. The fraction of sp³-hybridized carbons (Fsp3) is 0.200. The normalized spacial score (nSPS) is 12.2. The van der Waals surface area contributed by atoms with Gasteiger partial charge in [-0.15, -0.1) is 0 Å². The minimum absolute atomic E-state index is 0.0119. The first kappa shape index (κ1) is 21.0. The van der Waals surface area contributed by atoms with E-state index in [0.29, 0.717) is 22.6 Å². The zero-order valence-corrected chi connectivity index (χ0v) is 16.3. The fourth-order valence-electron chi connectivity index (χ4n) is 2.14. The van der Waals surface area contributed by atoms with Crippen LogP contribution in [0.2, 0.25) is 0 Å². The molecule has 6 nitrogen and oxygen atoms in total. The standard InChI is InChI=1S/C15H13BrF2NO5PS/c16-13-7-10(5-6-12(13)15(17,18)25(22,23)24)8-26-9-11-3-1-2-4-14(11)19(20)21/h1-7H,8-9H2,(H2,22,23,24). The molecule has 140 valence electrons. The Balaban J connectivity index is 2.10. The Kier molecular flexibility index (Phi) is 6.57. The summed E-state index contributed by atoms with van der Waals surface area (Å²) in [5, 5.41) is 11.0. The minimum atomic E-state index is -5.64. The van der Waals surface area contributed by atoms with Crippen molar-refractivity contribution >= 4 is 41.0 Å². The minimum Gasteiger partial charge on any atom is -0.320 e. The maximum absolute atomic E-state index is 13.8. The van der Waals surface area contributed by atoms with E-state index in [-0.39, 0.29) is 10.2 Å². The summed E-state index contributed by atoms with van der Waals surface area (Å²) in [5.41, 5.74) is -3.89. The third-order valence-corrected chi connectivity index (χ3v) is 6.12. The highest BCUT2D eigenvalue weighted by Gasteiger charge is 2.51. The molecule has 0 aliphatic rings. The Labute approximate surface area is 160 Å². The van der Waals surface area contributed by atoms with Crippen molar-refractivity contribution in [1.82, 2.24) is 0 Å². The number of nitro benzene ring substituents is 1. The van der Waals surface area contributed by atoms with E-state index in [0.717, 1.165) is 6.07 Å². The highest BCUT2D eigenvalue weighted by atomic mass is 79.9. The second-order valence-electron chi connectivity index (χ2n) is 5.28. The Morgan fingerprint density at radius 1 is 1.19 bits per heavy atom. The van der Waals surface area contributed by atoms with Gasteiger partial charge in [-0.2, -0.15) is 20.5 Å². The van der Waals surface area contributed by atoms with Crippen LogP contribution in [-0.4, -0.2) is 14.7 Å². The van der Waals surface area contributed by atoms with Crippen LogP contribution in [0.3, 0.4) is 0 Å². The molecule has 0 aliphatic heterocycles. The first-order valence-electron chi connectivity index (χ1n) is 7.06. The molecule has 0 aliphatic carbocycles. The maximum atomic E-state index is 13.8. The number of thioether (sulfide) groups is 1. The maximum Gasteiger partial charge on any atom is 0.399 e. The van der Waals surface area contributed by atoms with Gasteiger partial charge in [0, 0.05) is 33.2 Å². The highest BCUT2D eigenvalue weighted by Crippen LogP contribution is 2.60. The lowest BCUT2D eigenvalue weighted by Crippen LogP contribution is -2.14. The second kappa shape index (κ2) is 8.14. The number of nitrogens with zero attached hydrogens (tertiary/aromatic N) is 1. The molecule has 0 radical (unpaired) electrons. The van der Waals surface area contributed by atoms with Crippen molar-refractivity contribution < 1.29 is 28.1 Å². The largest absolute Gasteiger partial charge is 0.399 e.